The van der Waals surface area contributed by atoms with Gasteiger partial charge in [-0.1, -0.05) is 96.1 Å². The summed E-state index contributed by atoms with van der Waals surface area (Å²) in [6.45, 7) is 5.56. The van der Waals surface area contributed by atoms with Crippen molar-refractivity contribution in [3.63, 3.8) is 0 Å². The van der Waals surface area contributed by atoms with E-state index in [2.05, 4.69) is 42.8 Å². The van der Waals surface area contributed by atoms with Crippen molar-refractivity contribution in [3.8, 4) is 0 Å². The van der Waals surface area contributed by atoms with Crippen LogP contribution in [0.15, 0.2) is 12.2 Å². The Labute approximate surface area is 231 Å². The van der Waals surface area contributed by atoms with Crippen LogP contribution in [0.5, 0.6) is 0 Å². The van der Waals surface area contributed by atoms with E-state index in [9.17, 15) is 4.79 Å². The van der Waals surface area contributed by atoms with Crippen LogP contribution >= 0.6 is 0 Å². The Bertz CT molecular complexity index is 495. The van der Waals surface area contributed by atoms with Crippen LogP contribution < -0.4 is 0 Å². The Kier molecular flexibility index (Phi) is 28.9. The first-order valence-electron chi connectivity index (χ1n) is 15.7. The monoisotopic (exact) mass is 525 g/mol. The molecule has 0 aromatic rings. The van der Waals surface area contributed by atoms with Crippen LogP contribution in [0.1, 0.15) is 135 Å². The van der Waals surface area contributed by atoms with E-state index >= 15 is 0 Å². The summed E-state index contributed by atoms with van der Waals surface area (Å²) < 4.78 is 16.6. The summed E-state index contributed by atoms with van der Waals surface area (Å²) in [5, 5.41) is 0. The van der Waals surface area contributed by atoms with Gasteiger partial charge in [0.1, 0.15) is 0 Å². The Morgan fingerprint density at radius 2 is 1.08 bits per heavy atom. The average Bonchev–Trinajstić information content (AvgIpc) is 2.89. The lowest BCUT2D eigenvalue weighted by atomic mass is 10.1. The summed E-state index contributed by atoms with van der Waals surface area (Å²) in [7, 11) is 5.70. The summed E-state index contributed by atoms with van der Waals surface area (Å²) in [6.07, 6.45) is 29.1. The lowest BCUT2D eigenvalue weighted by Gasteiger charge is -2.24. The summed E-state index contributed by atoms with van der Waals surface area (Å²) in [4.78, 5) is 13.3. The number of allylic oxidation sites excluding steroid dienone is 2. The molecule has 37 heavy (non-hydrogen) atoms. The van der Waals surface area contributed by atoms with Crippen molar-refractivity contribution in [2.24, 2.45) is 0 Å². The van der Waals surface area contributed by atoms with Crippen LogP contribution in [-0.4, -0.2) is 64.5 Å². The van der Waals surface area contributed by atoms with Gasteiger partial charge in [0.25, 0.3) is 0 Å². The molecule has 0 saturated heterocycles. The fourth-order valence-electron chi connectivity index (χ4n) is 4.34. The summed E-state index contributed by atoms with van der Waals surface area (Å²) >= 11 is 0. The zero-order valence-corrected chi connectivity index (χ0v) is 25.3. The Hall–Kier alpha value is -0.910. The van der Waals surface area contributed by atoms with Crippen molar-refractivity contribution in [1.29, 1.82) is 0 Å². The highest BCUT2D eigenvalue weighted by molar-refractivity contribution is 5.68. The van der Waals surface area contributed by atoms with Crippen LogP contribution in [0, 0.1) is 0 Å². The predicted molar refractivity (Wildman–Crippen MR) is 158 cm³/mol. The minimum absolute atomic E-state index is 0.0917. The third kappa shape index (κ3) is 27.9. The van der Waals surface area contributed by atoms with Gasteiger partial charge in [0.15, 0.2) is 0 Å². The lowest BCUT2D eigenvalue weighted by molar-refractivity contribution is -0.140. The largest absolute Gasteiger partial charge is 0.469 e. The van der Waals surface area contributed by atoms with Crippen molar-refractivity contribution >= 4 is 5.97 Å². The number of nitrogens with zero attached hydrogens (tertiary/aromatic N) is 1. The molecule has 5 heteroatoms. The molecule has 0 N–H and O–H groups in total. The maximum absolute atomic E-state index is 11.0. The van der Waals surface area contributed by atoms with Crippen LogP contribution in [0.2, 0.25) is 0 Å². The number of carbonyl (C=O) groups excluding carboxylic acids is 1. The van der Waals surface area contributed by atoms with Gasteiger partial charge in [-0.25, -0.2) is 0 Å². The number of ether oxygens (including phenoxy) is 3. The van der Waals surface area contributed by atoms with Crippen LogP contribution in [-0.2, 0) is 19.0 Å². The van der Waals surface area contributed by atoms with Gasteiger partial charge < -0.3 is 19.1 Å². The molecule has 0 heterocycles. The highest BCUT2D eigenvalue weighted by atomic mass is 16.5. The SMILES string of the molecule is CCCCCCCCCCOCC(COCCCCCCCCC=CCCCCCC(=O)OC)N(C)C. The fourth-order valence-corrected chi connectivity index (χ4v) is 4.34. The van der Waals surface area contributed by atoms with E-state index < -0.39 is 0 Å². The average molecular weight is 526 g/mol. The van der Waals surface area contributed by atoms with Gasteiger partial charge in [-0.3, -0.25) is 4.79 Å². The Balaban J connectivity index is 3.43. The smallest absolute Gasteiger partial charge is 0.305 e. The first-order valence-corrected chi connectivity index (χ1v) is 15.7. The van der Waals surface area contributed by atoms with Gasteiger partial charge >= 0.3 is 5.97 Å². The number of methoxy groups -OCH3 is 1. The molecule has 0 aliphatic heterocycles. The fraction of sp³-hybridized carbons (Fsp3) is 0.906. The van der Waals surface area contributed by atoms with Crippen molar-refractivity contribution < 1.29 is 19.0 Å². The molecule has 0 spiro atoms. The Morgan fingerprint density at radius 3 is 1.54 bits per heavy atom. The van der Waals surface area contributed by atoms with E-state index in [1.54, 1.807) is 0 Å². The summed E-state index contributed by atoms with van der Waals surface area (Å²) in [5.41, 5.74) is 0. The third-order valence-corrected chi connectivity index (χ3v) is 7.05. The van der Waals surface area contributed by atoms with Gasteiger partial charge in [0.2, 0.25) is 0 Å². The second-order valence-electron chi connectivity index (χ2n) is 10.8. The molecular weight excluding hydrogens is 462 g/mol. The highest BCUT2D eigenvalue weighted by Crippen LogP contribution is 2.10. The molecule has 1 unspecified atom stereocenters. The number of likely N-dealkylation sites (N-methyl/N-ethyl adjacent to an activating group) is 1. The van der Waals surface area contributed by atoms with Crippen molar-refractivity contribution in [2.45, 2.75) is 141 Å². The number of carbonyl (C=O) groups is 1. The normalized spacial score (nSPS) is 12.6. The first kappa shape index (κ1) is 36.1. The number of esters is 1. The van der Waals surface area contributed by atoms with Gasteiger partial charge in [-0.15, -0.1) is 0 Å². The van der Waals surface area contributed by atoms with Gasteiger partial charge in [-0.2, -0.15) is 0 Å². The number of unbranched alkanes of at least 4 members (excludes halogenated alkanes) is 16. The number of hydrogen-bond acceptors (Lipinski definition) is 5. The molecule has 0 amide bonds. The predicted octanol–water partition coefficient (Wildman–Crippen LogP) is 8.50. The van der Waals surface area contributed by atoms with E-state index in [1.807, 2.05) is 0 Å². The molecule has 1 atom stereocenters. The van der Waals surface area contributed by atoms with Crippen molar-refractivity contribution in [1.82, 2.24) is 4.90 Å². The second kappa shape index (κ2) is 29.6. The van der Waals surface area contributed by atoms with E-state index in [0.717, 1.165) is 58.5 Å². The first-order chi connectivity index (χ1) is 18.1. The molecule has 0 aromatic carbocycles. The van der Waals surface area contributed by atoms with Gasteiger partial charge in [-0.05, 0) is 59.0 Å². The maximum atomic E-state index is 11.0. The molecule has 0 saturated carbocycles. The molecule has 220 valence electrons. The molecule has 0 aliphatic carbocycles. The van der Waals surface area contributed by atoms with Crippen LogP contribution in [0.25, 0.3) is 0 Å². The van der Waals surface area contributed by atoms with Gasteiger partial charge in [0.05, 0.1) is 26.4 Å². The highest BCUT2D eigenvalue weighted by Gasteiger charge is 2.11. The zero-order chi connectivity index (χ0) is 27.2. The minimum Gasteiger partial charge on any atom is -0.469 e. The molecular formula is C32H63NO4. The summed E-state index contributed by atoms with van der Waals surface area (Å²) in [6, 6.07) is 0.349. The molecule has 5 nitrogen and oxygen atoms in total. The van der Waals surface area contributed by atoms with Crippen LogP contribution in [0.4, 0.5) is 0 Å². The third-order valence-electron chi connectivity index (χ3n) is 7.05. The van der Waals surface area contributed by atoms with E-state index in [1.165, 1.54) is 97.0 Å². The topological polar surface area (TPSA) is 48.0 Å². The molecule has 0 bridgehead atoms. The summed E-state index contributed by atoms with van der Waals surface area (Å²) in [5.74, 6) is -0.0917. The lowest BCUT2D eigenvalue weighted by Crippen LogP contribution is -2.37. The van der Waals surface area contributed by atoms with E-state index in [0.29, 0.717) is 12.5 Å². The minimum atomic E-state index is -0.0917. The van der Waals surface area contributed by atoms with Crippen LogP contribution in [0.3, 0.4) is 0 Å². The van der Waals surface area contributed by atoms with Crippen molar-refractivity contribution in [3.05, 3.63) is 12.2 Å². The molecule has 0 aliphatic rings. The number of rotatable bonds is 29. The van der Waals surface area contributed by atoms with Gasteiger partial charge in [0, 0.05) is 19.6 Å². The number of hydrogen-bond donors (Lipinski definition) is 0. The molecule has 0 rings (SSSR count). The molecule has 0 fully saturated rings. The quantitative estimate of drug-likeness (QED) is 0.0556. The molecule has 0 aromatic heterocycles. The standard InChI is InChI=1S/C32H63NO4/c1-5-6-7-8-9-18-21-24-27-36-29-31(33(2)3)30-37-28-25-22-19-16-14-12-10-11-13-15-17-20-23-26-32(34)35-4/h11,13,31H,5-10,12,14-30H2,1-4H3. The Morgan fingerprint density at radius 1 is 0.649 bits per heavy atom. The molecule has 0 radical (unpaired) electrons. The zero-order valence-electron chi connectivity index (χ0n) is 25.3. The van der Waals surface area contributed by atoms with Crippen molar-refractivity contribution in [2.75, 3.05) is 47.6 Å². The van der Waals surface area contributed by atoms with E-state index in [4.69, 9.17) is 9.47 Å². The second-order valence-corrected chi connectivity index (χ2v) is 10.8. The van der Waals surface area contributed by atoms with E-state index in [-0.39, 0.29) is 5.97 Å². The maximum Gasteiger partial charge on any atom is 0.305 e.